The minimum absolute atomic E-state index is 0.0338. The molecule has 0 radical (unpaired) electrons. The molecule has 0 bridgehead atoms. The van der Waals surface area contributed by atoms with Gasteiger partial charge in [-0.1, -0.05) is 100 Å². The molecule has 2 fully saturated rings. The van der Waals surface area contributed by atoms with E-state index >= 15 is 0 Å². The van der Waals surface area contributed by atoms with E-state index in [9.17, 15) is 26.4 Å². The molecule has 2 heterocycles. The lowest BCUT2D eigenvalue weighted by Gasteiger charge is -2.22. The average Bonchev–Trinajstić information content (AvgIpc) is 3.78. The number of sulfonamides is 2. The van der Waals surface area contributed by atoms with Gasteiger partial charge in [0.2, 0.25) is 37.7 Å². The minimum Gasteiger partial charge on any atom is -0.481 e. The first-order chi connectivity index (χ1) is 25.2. The number of aromatic nitrogens is 4. The van der Waals surface area contributed by atoms with Gasteiger partial charge >= 0.3 is 5.97 Å². The van der Waals surface area contributed by atoms with Gasteiger partial charge in [-0.25, -0.2) is 31.8 Å². The summed E-state index contributed by atoms with van der Waals surface area (Å²) in [6, 6.07) is 0. The van der Waals surface area contributed by atoms with Crippen molar-refractivity contribution in [1.82, 2.24) is 35.2 Å². The third-order valence-corrected chi connectivity index (χ3v) is 11.3. The Bertz CT molecular complexity index is 1590. The molecule has 302 valence electrons. The number of carbonyl (C=O) groups excluding carboxylic acids is 1. The van der Waals surface area contributed by atoms with Crippen molar-refractivity contribution in [2.75, 3.05) is 25.6 Å². The molecule has 53 heavy (non-hydrogen) atoms. The number of carboxylic acid groups (broad SMARTS) is 1. The SMILES string of the molecule is CS(=O)(=O)NCCc1noc([C@H](CCCC2CCCCC2)CC(=O)NO)n1.CS(=O)(=O)NCCc1noc([C@H](CCCC2CCCCC2)CC(=O)O)n1. The molecule has 1 amide bonds. The Labute approximate surface area is 313 Å². The highest BCUT2D eigenvalue weighted by Crippen LogP contribution is 2.32. The third kappa shape index (κ3) is 19.2. The Balaban J connectivity index is 0.000000286. The van der Waals surface area contributed by atoms with Crippen LogP contribution in [0.5, 0.6) is 0 Å². The van der Waals surface area contributed by atoms with Crippen LogP contribution in [0.4, 0.5) is 0 Å². The average molecular weight is 790 g/mol. The number of nitrogens with one attached hydrogen (secondary N) is 3. The summed E-state index contributed by atoms with van der Waals surface area (Å²) in [5, 5.41) is 25.7. The number of amides is 1. The molecule has 2 aromatic heterocycles. The Kier molecular flexibility index (Phi) is 19.3. The molecule has 2 saturated carbocycles. The van der Waals surface area contributed by atoms with Gasteiger partial charge in [0.05, 0.1) is 18.9 Å². The maximum Gasteiger partial charge on any atom is 0.304 e. The van der Waals surface area contributed by atoms with Crippen molar-refractivity contribution in [3.63, 3.8) is 0 Å². The summed E-state index contributed by atoms with van der Waals surface area (Å²) in [7, 11) is -6.52. The van der Waals surface area contributed by atoms with Gasteiger partial charge in [-0.2, -0.15) is 9.97 Å². The van der Waals surface area contributed by atoms with E-state index in [0.717, 1.165) is 56.5 Å². The molecule has 4 rings (SSSR count). The number of carbonyl (C=O) groups is 2. The lowest BCUT2D eigenvalue weighted by molar-refractivity contribution is -0.137. The number of rotatable bonds is 22. The lowest BCUT2D eigenvalue weighted by Crippen LogP contribution is -2.24. The number of aliphatic carboxylic acids is 1. The fourth-order valence-electron chi connectivity index (χ4n) is 7.13. The predicted molar refractivity (Wildman–Crippen MR) is 195 cm³/mol. The molecule has 2 atom stereocenters. The van der Waals surface area contributed by atoms with Crippen molar-refractivity contribution >= 4 is 31.9 Å². The number of carboxylic acids is 1. The molecule has 19 heteroatoms. The van der Waals surface area contributed by atoms with Crippen molar-refractivity contribution in [1.29, 1.82) is 0 Å². The van der Waals surface area contributed by atoms with Crippen LogP contribution in [0.25, 0.3) is 0 Å². The van der Waals surface area contributed by atoms with Gasteiger partial charge in [-0.3, -0.25) is 14.8 Å². The normalized spacial score (nSPS) is 17.1. The molecule has 0 spiro atoms. The molecule has 0 aliphatic heterocycles. The standard InChI is InChI=1S/C17H30N4O5S.C17H29N3O5S/c1-27(24,25)18-11-10-15-19-17(26-21-15)14(12-16(22)20-23)9-5-8-13-6-3-2-4-7-13;1-26(23,24)18-11-10-15-19-17(25-20-15)14(12-16(21)22)9-5-8-13-6-3-2-4-7-13/h13-14,18,23H,2-12H2,1H3,(H,20,22);13-14,18H,2-12H2,1H3,(H,21,22)/t2*14-/m11/s1. The van der Waals surface area contributed by atoms with Crippen LogP contribution in [0, 0.1) is 11.8 Å². The van der Waals surface area contributed by atoms with Gasteiger partial charge in [0.1, 0.15) is 0 Å². The number of hydrogen-bond donors (Lipinski definition) is 5. The fourth-order valence-corrected chi connectivity index (χ4v) is 8.08. The van der Waals surface area contributed by atoms with E-state index < -0.39 is 31.9 Å². The number of nitrogens with zero attached hydrogens (tertiary/aromatic N) is 4. The van der Waals surface area contributed by atoms with Gasteiger partial charge in [0.25, 0.3) is 0 Å². The summed E-state index contributed by atoms with van der Waals surface area (Å²) in [6.45, 7) is 0.365. The molecule has 0 aromatic carbocycles. The summed E-state index contributed by atoms with van der Waals surface area (Å²) in [6.07, 6.45) is 21.4. The van der Waals surface area contributed by atoms with Gasteiger partial charge < -0.3 is 14.2 Å². The van der Waals surface area contributed by atoms with Crippen molar-refractivity contribution in [2.24, 2.45) is 11.8 Å². The lowest BCUT2D eigenvalue weighted by atomic mass is 9.84. The Morgan fingerprint density at radius 3 is 1.51 bits per heavy atom. The molecular formula is C34H59N7O10S2. The molecule has 2 aliphatic carbocycles. The predicted octanol–water partition coefficient (Wildman–Crippen LogP) is 4.36. The zero-order valence-corrected chi connectivity index (χ0v) is 32.8. The third-order valence-electron chi connectivity index (χ3n) is 9.85. The molecule has 0 unspecified atom stereocenters. The first-order valence-electron chi connectivity index (χ1n) is 18.9. The largest absolute Gasteiger partial charge is 0.481 e. The second-order valence-corrected chi connectivity index (χ2v) is 18.2. The first-order valence-corrected chi connectivity index (χ1v) is 22.7. The minimum atomic E-state index is -3.26. The second-order valence-electron chi connectivity index (χ2n) is 14.5. The van der Waals surface area contributed by atoms with Crippen LogP contribution < -0.4 is 14.9 Å². The van der Waals surface area contributed by atoms with E-state index in [-0.39, 0.29) is 37.8 Å². The molecule has 2 aliphatic rings. The quantitative estimate of drug-likeness (QED) is 0.0821. The first kappa shape index (κ1) is 44.4. The Morgan fingerprint density at radius 2 is 1.13 bits per heavy atom. The summed E-state index contributed by atoms with van der Waals surface area (Å²) in [4.78, 5) is 31.4. The van der Waals surface area contributed by atoms with Gasteiger partial charge in [0, 0.05) is 44.2 Å². The molecule has 2 aromatic rings. The molecule has 17 nitrogen and oxygen atoms in total. The summed E-state index contributed by atoms with van der Waals surface area (Å²) < 4.78 is 59.6. The highest BCUT2D eigenvalue weighted by molar-refractivity contribution is 7.89. The van der Waals surface area contributed by atoms with E-state index in [1.807, 2.05) is 0 Å². The fraction of sp³-hybridized carbons (Fsp3) is 0.824. The topological polar surface area (TPSA) is 257 Å². The van der Waals surface area contributed by atoms with Crippen LogP contribution in [0.2, 0.25) is 0 Å². The maximum atomic E-state index is 11.6. The maximum absolute atomic E-state index is 11.6. The Morgan fingerprint density at radius 1 is 0.717 bits per heavy atom. The van der Waals surface area contributed by atoms with Crippen LogP contribution >= 0.6 is 0 Å². The van der Waals surface area contributed by atoms with Crippen molar-refractivity contribution in [3.05, 3.63) is 23.4 Å². The Hall–Kier alpha value is -3.00. The van der Waals surface area contributed by atoms with Crippen molar-refractivity contribution in [3.8, 4) is 0 Å². The molecular weight excluding hydrogens is 731 g/mol. The highest BCUT2D eigenvalue weighted by atomic mass is 32.2. The second kappa shape index (κ2) is 23.0. The van der Waals surface area contributed by atoms with Crippen LogP contribution in [0.3, 0.4) is 0 Å². The monoisotopic (exact) mass is 789 g/mol. The van der Waals surface area contributed by atoms with E-state index in [4.69, 9.17) is 19.4 Å². The smallest absolute Gasteiger partial charge is 0.304 e. The van der Waals surface area contributed by atoms with Gasteiger partial charge in [-0.15, -0.1) is 0 Å². The van der Waals surface area contributed by atoms with Gasteiger partial charge in [-0.05, 0) is 24.7 Å². The zero-order valence-electron chi connectivity index (χ0n) is 31.1. The van der Waals surface area contributed by atoms with Crippen LogP contribution in [0.15, 0.2) is 9.05 Å². The van der Waals surface area contributed by atoms with Gasteiger partial charge in [0.15, 0.2) is 11.6 Å². The van der Waals surface area contributed by atoms with E-state index in [1.54, 1.807) is 5.48 Å². The molecule has 5 N–H and O–H groups in total. The van der Waals surface area contributed by atoms with Crippen molar-refractivity contribution < 1.29 is 45.8 Å². The van der Waals surface area contributed by atoms with Crippen LogP contribution in [-0.4, -0.2) is 84.9 Å². The summed E-state index contributed by atoms with van der Waals surface area (Å²) in [5.74, 6) is 1.07. The molecule has 0 saturated heterocycles. The van der Waals surface area contributed by atoms with E-state index in [1.165, 1.54) is 64.2 Å². The zero-order chi connectivity index (χ0) is 38.7. The van der Waals surface area contributed by atoms with Crippen LogP contribution in [0.1, 0.15) is 151 Å². The van der Waals surface area contributed by atoms with E-state index in [0.29, 0.717) is 42.7 Å². The highest BCUT2D eigenvalue weighted by Gasteiger charge is 2.25. The number of hydroxylamine groups is 1. The van der Waals surface area contributed by atoms with Crippen LogP contribution in [-0.2, 0) is 42.5 Å². The summed E-state index contributed by atoms with van der Waals surface area (Å²) >= 11 is 0. The van der Waals surface area contributed by atoms with E-state index in [2.05, 4.69) is 29.7 Å². The number of hydrogen-bond acceptors (Lipinski definition) is 13. The van der Waals surface area contributed by atoms with Crippen molar-refractivity contribution in [2.45, 2.75) is 140 Å². The summed E-state index contributed by atoms with van der Waals surface area (Å²) in [5.41, 5.74) is 1.66.